The maximum atomic E-state index is 11.6. The summed E-state index contributed by atoms with van der Waals surface area (Å²) >= 11 is 0. The highest BCUT2D eigenvalue weighted by molar-refractivity contribution is 6.12. The number of hydrogen-bond acceptors (Lipinski definition) is 4. The summed E-state index contributed by atoms with van der Waals surface area (Å²) in [6, 6.07) is 6.80. The number of carbonyl (C=O) groups excluding carboxylic acids is 2. The molecule has 0 saturated carbocycles. The van der Waals surface area contributed by atoms with Crippen LogP contribution in [0.1, 0.15) is 27.8 Å². The van der Waals surface area contributed by atoms with Crippen molar-refractivity contribution in [3.8, 4) is 0 Å². The van der Waals surface area contributed by atoms with Crippen molar-refractivity contribution in [2.45, 2.75) is 6.92 Å². The number of primary amides is 1. The minimum atomic E-state index is -0.710. The molecule has 0 atom stereocenters. The number of fused-ring (bicyclic) bond motifs is 1. The van der Waals surface area contributed by atoms with Gasteiger partial charge in [0.1, 0.15) is 11.1 Å². The fourth-order valence-electron chi connectivity index (χ4n) is 1.63. The molecule has 0 radical (unpaired) electrons. The molecule has 0 saturated heterocycles. The average Bonchev–Trinajstić information content (AvgIpc) is 2.68. The first-order chi connectivity index (χ1) is 8.15. The van der Waals surface area contributed by atoms with Crippen LogP contribution >= 0.6 is 0 Å². The normalized spacial score (nSPS) is 10.4. The van der Waals surface area contributed by atoms with Crippen molar-refractivity contribution in [1.29, 1.82) is 0 Å². The molecule has 0 fully saturated rings. The maximum Gasteiger partial charge on any atom is 0.375 e. The van der Waals surface area contributed by atoms with E-state index in [-0.39, 0.29) is 17.9 Å². The second-order valence-electron chi connectivity index (χ2n) is 3.39. The lowest BCUT2D eigenvalue weighted by molar-refractivity contribution is 0.0489. The van der Waals surface area contributed by atoms with E-state index in [0.717, 1.165) is 0 Å². The Kier molecular flexibility index (Phi) is 2.82. The van der Waals surface area contributed by atoms with Crippen molar-refractivity contribution in [3.63, 3.8) is 0 Å². The highest BCUT2D eigenvalue weighted by Gasteiger charge is 2.24. The predicted molar refractivity (Wildman–Crippen MR) is 60.7 cm³/mol. The number of hydrogen-bond donors (Lipinski definition) is 1. The van der Waals surface area contributed by atoms with Gasteiger partial charge in [-0.05, 0) is 13.0 Å². The Bertz CT molecular complexity index is 585. The Morgan fingerprint density at radius 3 is 2.71 bits per heavy atom. The van der Waals surface area contributed by atoms with Gasteiger partial charge in [0.05, 0.1) is 6.61 Å². The lowest BCUT2D eigenvalue weighted by Crippen LogP contribution is -2.16. The summed E-state index contributed by atoms with van der Waals surface area (Å²) in [5.74, 6) is -1.53. The van der Waals surface area contributed by atoms with E-state index in [1.807, 2.05) is 0 Å². The van der Waals surface area contributed by atoms with Gasteiger partial charge in [-0.25, -0.2) is 4.79 Å². The maximum absolute atomic E-state index is 11.6. The molecule has 1 heterocycles. The van der Waals surface area contributed by atoms with E-state index >= 15 is 0 Å². The summed E-state index contributed by atoms with van der Waals surface area (Å²) in [5.41, 5.74) is 5.76. The summed E-state index contributed by atoms with van der Waals surface area (Å²) < 4.78 is 10.1. The number of esters is 1. The lowest BCUT2D eigenvalue weighted by Gasteiger charge is -1.99. The quantitative estimate of drug-likeness (QED) is 0.818. The van der Waals surface area contributed by atoms with E-state index in [9.17, 15) is 9.59 Å². The first kappa shape index (κ1) is 11.2. The molecule has 17 heavy (non-hydrogen) atoms. The van der Waals surface area contributed by atoms with Gasteiger partial charge in [-0.1, -0.05) is 18.2 Å². The van der Waals surface area contributed by atoms with Crippen LogP contribution in [0.4, 0.5) is 0 Å². The first-order valence-corrected chi connectivity index (χ1v) is 5.13. The molecule has 1 aromatic heterocycles. The van der Waals surface area contributed by atoms with E-state index in [1.54, 1.807) is 31.2 Å². The number of nitrogens with two attached hydrogens (primary N) is 1. The van der Waals surface area contributed by atoms with E-state index in [1.165, 1.54) is 0 Å². The third-order valence-corrected chi connectivity index (χ3v) is 2.30. The van der Waals surface area contributed by atoms with Crippen LogP contribution in [0.25, 0.3) is 11.0 Å². The number of para-hydroxylation sites is 1. The van der Waals surface area contributed by atoms with Gasteiger partial charge in [-0.2, -0.15) is 0 Å². The standard InChI is InChI=1S/C12H11NO4/c1-2-16-12(15)10-9(11(13)14)7-5-3-4-6-8(7)17-10/h3-6H,2H2,1H3,(H2,13,14). The first-order valence-electron chi connectivity index (χ1n) is 5.13. The van der Waals surface area contributed by atoms with Crippen LogP contribution in [0.15, 0.2) is 28.7 Å². The second kappa shape index (κ2) is 4.29. The Hall–Kier alpha value is -2.30. The number of carbonyl (C=O) groups is 2. The second-order valence-corrected chi connectivity index (χ2v) is 3.39. The monoisotopic (exact) mass is 233 g/mol. The highest BCUT2D eigenvalue weighted by atomic mass is 16.5. The molecule has 2 N–H and O–H groups in total. The zero-order valence-corrected chi connectivity index (χ0v) is 9.23. The van der Waals surface area contributed by atoms with Gasteiger partial charge in [-0.3, -0.25) is 4.79 Å². The summed E-state index contributed by atoms with van der Waals surface area (Å²) in [4.78, 5) is 23.0. The van der Waals surface area contributed by atoms with E-state index in [2.05, 4.69) is 0 Å². The van der Waals surface area contributed by atoms with Gasteiger partial charge in [-0.15, -0.1) is 0 Å². The topological polar surface area (TPSA) is 82.5 Å². The number of benzene rings is 1. The Morgan fingerprint density at radius 1 is 1.35 bits per heavy atom. The van der Waals surface area contributed by atoms with Crippen molar-refractivity contribution < 1.29 is 18.7 Å². The molecular formula is C12H11NO4. The van der Waals surface area contributed by atoms with Crippen molar-refractivity contribution in [2.75, 3.05) is 6.61 Å². The highest BCUT2D eigenvalue weighted by Crippen LogP contribution is 2.25. The number of amides is 1. The van der Waals surface area contributed by atoms with Crippen LogP contribution in [-0.2, 0) is 4.74 Å². The average molecular weight is 233 g/mol. The Balaban J connectivity index is 2.66. The number of furan rings is 1. The minimum absolute atomic E-state index is 0.0686. The van der Waals surface area contributed by atoms with Crippen LogP contribution in [0.2, 0.25) is 0 Å². The van der Waals surface area contributed by atoms with Crippen LogP contribution in [-0.4, -0.2) is 18.5 Å². The molecule has 5 heteroatoms. The zero-order chi connectivity index (χ0) is 12.4. The van der Waals surface area contributed by atoms with Gasteiger partial charge in [0.15, 0.2) is 0 Å². The van der Waals surface area contributed by atoms with Gasteiger partial charge in [0, 0.05) is 5.39 Å². The molecule has 0 aliphatic heterocycles. The summed E-state index contributed by atoms with van der Waals surface area (Å²) in [5, 5.41) is 0.517. The molecule has 0 bridgehead atoms. The third-order valence-electron chi connectivity index (χ3n) is 2.30. The third kappa shape index (κ3) is 1.87. The lowest BCUT2D eigenvalue weighted by atomic mass is 10.1. The minimum Gasteiger partial charge on any atom is -0.460 e. The van der Waals surface area contributed by atoms with Crippen LogP contribution in [0.5, 0.6) is 0 Å². The molecule has 2 rings (SSSR count). The van der Waals surface area contributed by atoms with Crippen molar-refractivity contribution in [3.05, 3.63) is 35.6 Å². The number of ether oxygens (including phenoxy) is 1. The van der Waals surface area contributed by atoms with E-state index < -0.39 is 11.9 Å². The van der Waals surface area contributed by atoms with Gasteiger partial charge in [0.25, 0.3) is 5.91 Å². The molecule has 0 unspecified atom stereocenters. The molecule has 0 aliphatic rings. The van der Waals surface area contributed by atoms with Crippen molar-refractivity contribution >= 4 is 22.8 Å². The Labute approximate surface area is 97.1 Å². The SMILES string of the molecule is CCOC(=O)c1oc2ccccc2c1C(N)=O. The van der Waals surface area contributed by atoms with E-state index in [4.69, 9.17) is 14.9 Å². The molecule has 1 amide bonds. The molecule has 5 nitrogen and oxygen atoms in total. The molecular weight excluding hydrogens is 222 g/mol. The van der Waals surface area contributed by atoms with Gasteiger partial charge >= 0.3 is 5.97 Å². The smallest absolute Gasteiger partial charge is 0.375 e. The summed E-state index contributed by atoms with van der Waals surface area (Å²) in [6.07, 6.45) is 0. The van der Waals surface area contributed by atoms with Crippen LogP contribution in [0.3, 0.4) is 0 Å². The molecule has 2 aromatic rings. The molecule has 0 spiro atoms. The molecule has 1 aromatic carbocycles. The van der Waals surface area contributed by atoms with Crippen LogP contribution in [0, 0.1) is 0 Å². The largest absolute Gasteiger partial charge is 0.460 e. The fourth-order valence-corrected chi connectivity index (χ4v) is 1.63. The number of rotatable bonds is 3. The van der Waals surface area contributed by atoms with Gasteiger partial charge in [0.2, 0.25) is 5.76 Å². The fraction of sp³-hybridized carbons (Fsp3) is 0.167. The zero-order valence-electron chi connectivity index (χ0n) is 9.23. The van der Waals surface area contributed by atoms with Crippen molar-refractivity contribution in [1.82, 2.24) is 0 Å². The van der Waals surface area contributed by atoms with Gasteiger partial charge < -0.3 is 14.9 Å². The van der Waals surface area contributed by atoms with Crippen LogP contribution < -0.4 is 5.73 Å². The van der Waals surface area contributed by atoms with Crippen molar-refractivity contribution in [2.24, 2.45) is 5.73 Å². The Morgan fingerprint density at radius 2 is 2.06 bits per heavy atom. The van der Waals surface area contributed by atoms with E-state index in [0.29, 0.717) is 11.0 Å². The summed E-state index contributed by atoms with van der Waals surface area (Å²) in [7, 11) is 0. The predicted octanol–water partition coefficient (Wildman–Crippen LogP) is 1.71. The molecule has 0 aliphatic carbocycles. The molecule has 88 valence electrons. The summed E-state index contributed by atoms with van der Waals surface area (Å²) in [6.45, 7) is 1.87.